The van der Waals surface area contributed by atoms with E-state index in [9.17, 15) is 0 Å². The molecule has 2 fully saturated rings. The molecular weight excluding hydrogens is 228 g/mol. The maximum Gasteiger partial charge on any atom is 0.240 e. The topological polar surface area (TPSA) is 68.2 Å². The lowest BCUT2D eigenvalue weighted by Crippen LogP contribution is -2.42. The van der Waals surface area contributed by atoms with Crippen LogP contribution in [0.3, 0.4) is 0 Å². The molecular formula is C13H22N4O. The summed E-state index contributed by atoms with van der Waals surface area (Å²) in [5.74, 6) is 3.58. The van der Waals surface area contributed by atoms with E-state index in [1.807, 2.05) is 0 Å². The molecule has 1 aliphatic carbocycles. The SMILES string of the molecule is CC1CCN(Cc2nc(C3CC3)no2)CC1CN. The second-order valence-corrected chi connectivity index (χ2v) is 5.82. The highest BCUT2D eigenvalue weighted by atomic mass is 16.5. The van der Waals surface area contributed by atoms with Crippen LogP contribution in [-0.2, 0) is 6.54 Å². The van der Waals surface area contributed by atoms with Crippen molar-refractivity contribution >= 4 is 0 Å². The first-order valence-electron chi connectivity index (χ1n) is 7.01. The van der Waals surface area contributed by atoms with Crippen LogP contribution in [0.25, 0.3) is 0 Å². The summed E-state index contributed by atoms with van der Waals surface area (Å²) in [7, 11) is 0. The highest BCUT2D eigenvalue weighted by Gasteiger charge is 2.30. The molecule has 0 spiro atoms. The molecule has 1 aromatic heterocycles. The summed E-state index contributed by atoms with van der Waals surface area (Å²) in [4.78, 5) is 6.88. The molecule has 1 saturated carbocycles. The Kier molecular flexibility index (Phi) is 3.35. The van der Waals surface area contributed by atoms with Gasteiger partial charge in [-0.25, -0.2) is 0 Å². The van der Waals surface area contributed by atoms with Crippen LogP contribution in [0.2, 0.25) is 0 Å². The number of piperidine rings is 1. The Morgan fingerprint density at radius 1 is 1.39 bits per heavy atom. The van der Waals surface area contributed by atoms with Gasteiger partial charge < -0.3 is 10.3 Å². The lowest BCUT2D eigenvalue weighted by Gasteiger charge is -2.35. The van der Waals surface area contributed by atoms with Gasteiger partial charge in [0.05, 0.1) is 6.54 Å². The molecule has 2 atom stereocenters. The van der Waals surface area contributed by atoms with E-state index in [1.54, 1.807) is 0 Å². The monoisotopic (exact) mass is 250 g/mol. The van der Waals surface area contributed by atoms with E-state index in [0.29, 0.717) is 11.8 Å². The first-order chi connectivity index (χ1) is 8.76. The molecule has 1 aliphatic heterocycles. The third-order valence-corrected chi connectivity index (χ3v) is 4.29. The number of hydrogen-bond donors (Lipinski definition) is 1. The van der Waals surface area contributed by atoms with Gasteiger partial charge in [0.25, 0.3) is 0 Å². The average Bonchev–Trinajstić information content (AvgIpc) is 3.13. The van der Waals surface area contributed by atoms with Crippen LogP contribution >= 0.6 is 0 Å². The van der Waals surface area contributed by atoms with Gasteiger partial charge in [-0.2, -0.15) is 4.98 Å². The van der Waals surface area contributed by atoms with Gasteiger partial charge in [0.15, 0.2) is 5.82 Å². The number of nitrogens with two attached hydrogens (primary N) is 1. The molecule has 2 N–H and O–H groups in total. The van der Waals surface area contributed by atoms with Crippen molar-refractivity contribution < 1.29 is 4.52 Å². The van der Waals surface area contributed by atoms with E-state index < -0.39 is 0 Å². The van der Waals surface area contributed by atoms with Crippen LogP contribution in [0.5, 0.6) is 0 Å². The predicted molar refractivity (Wildman–Crippen MR) is 67.9 cm³/mol. The van der Waals surface area contributed by atoms with E-state index in [0.717, 1.165) is 43.8 Å². The smallest absolute Gasteiger partial charge is 0.240 e. The zero-order valence-electron chi connectivity index (χ0n) is 11.0. The van der Waals surface area contributed by atoms with Crippen LogP contribution in [0.4, 0.5) is 0 Å². The van der Waals surface area contributed by atoms with Crippen molar-refractivity contribution in [1.29, 1.82) is 0 Å². The lowest BCUT2D eigenvalue weighted by molar-refractivity contribution is 0.114. The first-order valence-corrected chi connectivity index (χ1v) is 7.01. The standard InChI is InChI=1S/C13H22N4O/c1-9-4-5-17(7-11(9)6-14)8-12-15-13(16-18-12)10-2-3-10/h9-11H,2-8,14H2,1H3. The Bertz CT molecular complexity index is 401. The average molecular weight is 250 g/mol. The Labute approximate surface area is 108 Å². The van der Waals surface area contributed by atoms with Crippen molar-refractivity contribution in [2.45, 2.75) is 38.6 Å². The predicted octanol–water partition coefficient (Wildman–Crippen LogP) is 1.36. The van der Waals surface area contributed by atoms with E-state index in [4.69, 9.17) is 10.3 Å². The van der Waals surface area contributed by atoms with E-state index in [2.05, 4.69) is 22.0 Å². The summed E-state index contributed by atoms with van der Waals surface area (Å²) < 4.78 is 5.33. The summed E-state index contributed by atoms with van der Waals surface area (Å²) in [5, 5.41) is 4.06. The molecule has 2 aliphatic rings. The lowest BCUT2D eigenvalue weighted by atomic mass is 9.87. The summed E-state index contributed by atoms with van der Waals surface area (Å²) in [6, 6.07) is 0. The molecule has 100 valence electrons. The van der Waals surface area contributed by atoms with E-state index in [-0.39, 0.29) is 0 Å². The molecule has 2 heterocycles. The van der Waals surface area contributed by atoms with Crippen LogP contribution in [0.1, 0.15) is 43.8 Å². The molecule has 18 heavy (non-hydrogen) atoms. The number of rotatable bonds is 4. The number of likely N-dealkylation sites (tertiary alicyclic amines) is 1. The fourth-order valence-electron chi connectivity index (χ4n) is 2.71. The maximum absolute atomic E-state index is 5.82. The van der Waals surface area contributed by atoms with Crippen molar-refractivity contribution in [2.24, 2.45) is 17.6 Å². The van der Waals surface area contributed by atoms with Crippen molar-refractivity contribution in [2.75, 3.05) is 19.6 Å². The molecule has 1 saturated heterocycles. The van der Waals surface area contributed by atoms with Crippen molar-refractivity contribution in [1.82, 2.24) is 15.0 Å². The van der Waals surface area contributed by atoms with Gasteiger partial charge in [0.1, 0.15) is 0 Å². The van der Waals surface area contributed by atoms with Crippen LogP contribution in [-0.4, -0.2) is 34.7 Å². The van der Waals surface area contributed by atoms with Gasteiger partial charge in [-0.15, -0.1) is 0 Å². The second kappa shape index (κ2) is 4.97. The quantitative estimate of drug-likeness (QED) is 0.874. The molecule has 2 unspecified atom stereocenters. The minimum absolute atomic E-state index is 0.570. The molecule has 0 radical (unpaired) electrons. The van der Waals surface area contributed by atoms with Gasteiger partial charge in [0, 0.05) is 12.5 Å². The Hall–Kier alpha value is -0.940. The van der Waals surface area contributed by atoms with Crippen molar-refractivity contribution in [3.8, 4) is 0 Å². The highest BCUT2D eigenvalue weighted by Crippen LogP contribution is 2.38. The number of aromatic nitrogens is 2. The normalized spacial score (nSPS) is 29.7. The van der Waals surface area contributed by atoms with Gasteiger partial charge in [-0.3, -0.25) is 4.90 Å². The van der Waals surface area contributed by atoms with Crippen molar-refractivity contribution in [3.05, 3.63) is 11.7 Å². The molecule has 0 aromatic carbocycles. The molecule has 3 rings (SSSR count). The Morgan fingerprint density at radius 3 is 2.94 bits per heavy atom. The largest absolute Gasteiger partial charge is 0.338 e. The highest BCUT2D eigenvalue weighted by molar-refractivity contribution is 5.03. The number of hydrogen-bond acceptors (Lipinski definition) is 5. The summed E-state index contributed by atoms with van der Waals surface area (Å²) in [6.07, 6.45) is 3.65. The van der Waals surface area contributed by atoms with E-state index in [1.165, 1.54) is 19.3 Å². The summed E-state index contributed by atoms with van der Waals surface area (Å²) in [6.45, 7) is 6.02. The van der Waals surface area contributed by atoms with Crippen LogP contribution in [0.15, 0.2) is 4.52 Å². The van der Waals surface area contributed by atoms with E-state index >= 15 is 0 Å². The third kappa shape index (κ3) is 2.57. The zero-order valence-corrected chi connectivity index (χ0v) is 11.0. The molecule has 0 bridgehead atoms. The second-order valence-electron chi connectivity index (χ2n) is 5.82. The minimum atomic E-state index is 0.570. The van der Waals surface area contributed by atoms with Crippen LogP contribution < -0.4 is 5.73 Å². The summed E-state index contributed by atoms with van der Waals surface area (Å²) in [5.41, 5.74) is 5.82. The molecule has 0 amide bonds. The first kappa shape index (κ1) is 12.1. The van der Waals surface area contributed by atoms with Crippen LogP contribution in [0, 0.1) is 11.8 Å². The maximum atomic E-state index is 5.82. The Balaban J connectivity index is 1.58. The number of nitrogens with zero attached hydrogens (tertiary/aromatic N) is 3. The van der Waals surface area contributed by atoms with Gasteiger partial charge in [-0.05, 0) is 44.2 Å². The Morgan fingerprint density at radius 2 is 2.22 bits per heavy atom. The molecule has 5 heteroatoms. The molecule has 5 nitrogen and oxygen atoms in total. The van der Waals surface area contributed by atoms with Gasteiger partial charge in [-0.1, -0.05) is 12.1 Å². The zero-order chi connectivity index (χ0) is 12.5. The summed E-state index contributed by atoms with van der Waals surface area (Å²) >= 11 is 0. The van der Waals surface area contributed by atoms with Gasteiger partial charge in [0.2, 0.25) is 5.89 Å². The fraction of sp³-hybridized carbons (Fsp3) is 0.846. The molecule has 1 aromatic rings. The minimum Gasteiger partial charge on any atom is -0.338 e. The fourth-order valence-corrected chi connectivity index (χ4v) is 2.71. The van der Waals surface area contributed by atoms with Gasteiger partial charge >= 0.3 is 0 Å². The van der Waals surface area contributed by atoms with Crippen molar-refractivity contribution in [3.63, 3.8) is 0 Å². The third-order valence-electron chi connectivity index (χ3n) is 4.29.